The highest BCUT2D eigenvalue weighted by Gasteiger charge is 2.24. The van der Waals surface area contributed by atoms with Crippen molar-refractivity contribution in [3.8, 4) is 17.2 Å². The Kier molecular flexibility index (Phi) is 4.48. The molecule has 1 unspecified atom stereocenters. The van der Waals surface area contributed by atoms with Crippen LogP contribution in [0.5, 0.6) is 0 Å². The van der Waals surface area contributed by atoms with Gasteiger partial charge >= 0.3 is 0 Å². The van der Waals surface area contributed by atoms with E-state index in [1.54, 1.807) is 24.1 Å². The fraction of sp³-hybridized carbons (Fsp3) is 0.211. The van der Waals surface area contributed by atoms with Gasteiger partial charge in [-0.2, -0.15) is 5.26 Å². The molecule has 1 aliphatic rings. The first kappa shape index (κ1) is 16.7. The monoisotopic (exact) mass is 337 g/mol. The zero-order valence-corrected chi connectivity index (χ0v) is 13.6. The Bertz CT molecular complexity index is 889. The Morgan fingerprint density at radius 2 is 2.04 bits per heavy atom. The lowest BCUT2D eigenvalue weighted by molar-refractivity contribution is -0.117. The predicted octanol–water partition coefficient (Wildman–Crippen LogP) is 2.19. The molecule has 0 aromatic heterocycles. The summed E-state index contributed by atoms with van der Waals surface area (Å²) in [6.45, 7) is 0. The van der Waals surface area contributed by atoms with Gasteiger partial charge in [0, 0.05) is 19.2 Å². The van der Waals surface area contributed by atoms with Crippen molar-refractivity contribution in [3.63, 3.8) is 0 Å². The van der Waals surface area contributed by atoms with Gasteiger partial charge in [0.15, 0.2) is 0 Å². The van der Waals surface area contributed by atoms with Crippen molar-refractivity contribution in [1.29, 1.82) is 5.26 Å². The summed E-state index contributed by atoms with van der Waals surface area (Å²) in [5.74, 6) is -0.394. The second-order valence-electron chi connectivity index (χ2n) is 5.95. The lowest BCUT2D eigenvalue weighted by atomic mass is 9.98. The van der Waals surface area contributed by atoms with E-state index in [1.807, 2.05) is 24.3 Å². The fourth-order valence-corrected chi connectivity index (χ4v) is 2.96. The zero-order chi connectivity index (χ0) is 18.0. The first-order chi connectivity index (χ1) is 12.0. The summed E-state index contributed by atoms with van der Waals surface area (Å²) in [6, 6.07) is 11.6. The van der Waals surface area contributed by atoms with Crippen molar-refractivity contribution >= 4 is 18.0 Å². The first-order valence-corrected chi connectivity index (χ1v) is 7.81. The molecule has 0 saturated heterocycles. The van der Waals surface area contributed by atoms with E-state index < -0.39 is 11.9 Å². The highest BCUT2D eigenvalue weighted by Crippen LogP contribution is 2.33. The number of hydrogen-bond acceptors (Lipinski definition) is 3. The number of carbonyl (C=O) groups excluding carboxylic acids is 2. The van der Waals surface area contributed by atoms with Crippen LogP contribution in [0.15, 0.2) is 36.4 Å². The maximum absolute atomic E-state index is 14.4. The SMILES string of the molecule is CN1C(=O)Cc2ccc(-c3ccc(CC(C#N)NC=O)c(F)c3)cc21. The number of hydrogen-bond donors (Lipinski definition) is 1. The largest absolute Gasteiger partial charge is 0.343 e. The van der Waals surface area contributed by atoms with E-state index in [4.69, 9.17) is 5.26 Å². The molecule has 0 fully saturated rings. The quantitative estimate of drug-likeness (QED) is 0.850. The van der Waals surface area contributed by atoms with Crippen molar-refractivity contribution in [2.75, 3.05) is 11.9 Å². The maximum Gasteiger partial charge on any atom is 0.231 e. The van der Waals surface area contributed by atoms with Crippen LogP contribution < -0.4 is 10.2 Å². The molecular weight excluding hydrogens is 321 g/mol. The smallest absolute Gasteiger partial charge is 0.231 e. The average molecular weight is 337 g/mol. The number of anilines is 1. The van der Waals surface area contributed by atoms with Crippen LogP contribution in [0.25, 0.3) is 11.1 Å². The summed E-state index contributed by atoms with van der Waals surface area (Å²) in [5, 5.41) is 11.3. The molecule has 0 aliphatic carbocycles. The number of nitrogens with zero attached hydrogens (tertiary/aromatic N) is 2. The molecule has 1 aliphatic heterocycles. The predicted molar refractivity (Wildman–Crippen MR) is 91.3 cm³/mol. The van der Waals surface area contributed by atoms with Gasteiger partial charge in [-0.05, 0) is 34.4 Å². The van der Waals surface area contributed by atoms with Gasteiger partial charge in [-0.3, -0.25) is 9.59 Å². The molecule has 1 heterocycles. The number of carbonyl (C=O) groups is 2. The van der Waals surface area contributed by atoms with Crippen LogP contribution in [-0.2, 0) is 22.4 Å². The van der Waals surface area contributed by atoms with Crippen LogP contribution in [0.4, 0.5) is 10.1 Å². The molecule has 5 nitrogen and oxygen atoms in total. The topological polar surface area (TPSA) is 73.2 Å². The van der Waals surface area contributed by atoms with Gasteiger partial charge in [0.1, 0.15) is 11.9 Å². The minimum absolute atomic E-state index is 0.0406. The van der Waals surface area contributed by atoms with Crippen LogP contribution in [0, 0.1) is 17.1 Å². The Hall–Kier alpha value is -3.20. The van der Waals surface area contributed by atoms with Crippen molar-refractivity contribution in [2.45, 2.75) is 18.9 Å². The molecular formula is C19H16FN3O2. The molecule has 0 bridgehead atoms. The van der Waals surface area contributed by atoms with E-state index in [2.05, 4.69) is 5.32 Å². The summed E-state index contributed by atoms with van der Waals surface area (Å²) in [5.41, 5.74) is 3.66. The van der Waals surface area contributed by atoms with E-state index >= 15 is 0 Å². The third-order valence-electron chi connectivity index (χ3n) is 4.40. The van der Waals surface area contributed by atoms with Crippen LogP contribution >= 0.6 is 0 Å². The second kappa shape index (κ2) is 6.73. The summed E-state index contributed by atoms with van der Waals surface area (Å²) in [6.07, 6.45) is 0.921. The molecule has 6 heteroatoms. The van der Waals surface area contributed by atoms with Gasteiger partial charge in [-0.15, -0.1) is 0 Å². The fourth-order valence-electron chi connectivity index (χ4n) is 2.96. The second-order valence-corrected chi connectivity index (χ2v) is 5.95. The molecule has 0 radical (unpaired) electrons. The van der Waals surface area contributed by atoms with Gasteiger partial charge < -0.3 is 10.2 Å². The van der Waals surface area contributed by atoms with E-state index in [1.165, 1.54) is 6.07 Å². The number of likely N-dealkylation sites (N-methyl/N-ethyl adjacent to an activating group) is 1. The highest BCUT2D eigenvalue weighted by atomic mass is 19.1. The molecule has 126 valence electrons. The van der Waals surface area contributed by atoms with Crippen LogP contribution in [0.1, 0.15) is 11.1 Å². The van der Waals surface area contributed by atoms with Gasteiger partial charge in [-0.1, -0.05) is 24.3 Å². The Balaban J connectivity index is 1.88. The third kappa shape index (κ3) is 3.22. The summed E-state index contributed by atoms with van der Waals surface area (Å²) in [7, 11) is 1.73. The minimum atomic E-state index is -0.766. The third-order valence-corrected chi connectivity index (χ3v) is 4.40. The molecule has 2 aromatic carbocycles. The lowest BCUT2D eigenvalue weighted by Crippen LogP contribution is -2.28. The van der Waals surface area contributed by atoms with Crippen LogP contribution in [0.2, 0.25) is 0 Å². The van der Waals surface area contributed by atoms with E-state index in [9.17, 15) is 14.0 Å². The molecule has 2 amide bonds. The number of nitrogens with one attached hydrogen (secondary N) is 1. The first-order valence-electron chi connectivity index (χ1n) is 7.81. The van der Waals surface area contributed by atoms with Gasteiger partial charge in [0.25, 0.3) is 0 Å². The standard InChI is InChI=1S/C19H16FN3O2/c1-23-18-8-13(3-5-15(18)9-19(23)25)12-2-4-14(17(20)7-12)6-16(10-21)22-11-24/h2-5,7-8,11,16H,6,9H2,1H3,(H,22,24). The highest BCUT2D eigenvalue weighted by molar-refractivity contribution is 6.01. The van der Waals surface area contributed by atoms with E-state index in [0.717, 1.165) is 16.8 Å². The number of halogens is 1. The van der Waals surface area contributed by atoms with E-state index in [0.29, 0.717) is 24.0 Å². The molecule has 1 N–H and O–H groups in total. The number of rotatable bonds is 5. The summed E-state index contributed by atoms with van der Waals surface area (Å²) in [4.78, 5) is 23.8. The zero-order valence-electron chi connectivity index (χ0n) is 13.6. The van der Waals surface area contributed by atoms with Crippen molar-refractivity contribution in [2.24, 2.45) is 0 Å². The van der Waals surface area contributed by atoms with Crippen molar-refractivity contribution in [1.82, 2.24) is 5.32 Å². The van der Waals surface area contributed by atoms with Crippen molar-refractivity contribution < 1.29 is 14.0 Å². The number of amides is 2. The average Bonchev–Trinajstić information content (AvgIpc) is 2.90. The molecule has 2 aromatic rings. The number of nitriles is 1. The minimum Gasteiger partial charge on any atom is -0.343 e. The molecule has 25 heavy (non-hydrogen) atoms. The molecule has 1 atom stereocenters. The number of fused-ring (bicyclic) bond motifs is 1. The Morgan fingerprint density at radius 3 is 2.72 bits per heavy atom. The lowest BCUT2D eigenvalue weighted by Gasteiger charge is -2.13. The van der Waals surface area contributed by atoms with Gasteiger partial charge in [0.05, 0.1) is 12.5 Å². The Morgan fingerprint density at radius 1 is 1.32 bits per heavy atom. The van der Waals surface area contributed by atoms with Crippen LogP contribution in [0.3, 0.4) is 0 Å². The van der Waals surface area contributed by atoms with Gasteiger partial charge in [-0.25, -0.2) is 4.39 Å². The molecule has 0 saturated carbocycles. The Labute approximate surface area is 144 Å². The molecule has 0 spiro atoms. The van der Waals surface area contributed by atoms with Crippen LogP contribution in [-0.4, -0.2) is 25.4 Å². The summed E-state index contributed by atoms with van der Waals surface area (Å²) < 4.78 is 14.4. The van der Waals surface area contributed by atoms with E-state index in [-0.39, 0.29) is 12.3 Å². The van der Waals surface area contributed by atoms with Gasteiger partial charge in [0.2, 0.25) is 12.3 Å². The summed E-state index contributed by atoms with van der Waals surface area (Å²) >= 11 is 0. The molecule has 3 rings (SSSR count). The normalized spacial score (nSPS) is 14.0. The van der Waals surface area contributed by atoms with Crippen molar-refractivity contribution in [3.05, 3.63) is 53.3 Å². The number of benzene rings is 2. The maximum atomic E-state index is 14.4.